The quantitative estimate of drug-likeness (QED) is 0.125. The van der Waals surface area contributed by atoms with Gasteiger partial charge in [0.05, 0.1) is 25.8 Å². The van der Waals surface area contributed by atoms with Gasteiger partial charge in [0.2, 0.25) is 17.7 Å². The number of hydrogen-bond acceptors (Lipinski definition) is 12. The van der Waals surface area contributed by atoms with E-state index in [-0.39, 0.29) is 45.3 Å². The molecule has 65 heavy (non-hydrogen) atoms. The normalized spacial score (nSPS) is 18.8. The summed E-state index contributed by atoms with van der Waals surface area (Å²) in [5, 5.41) is 8.77. The molecule has 18 heteroatoms. The number of rotatable bonds is 12. The molecule has 1 aromatic heterocycles. The second-order valence-electron chi connectivity index (χ2n) is 17.1. The third-order valence-corrected chi connectivity index (χ3v) is 13.9. The molecule has 0 bridgehead atoms. The second-order valence-corrected chi connectivity index (χ2v) is 17.9. The molecule has 3 aromatic carbocycles. The number of anilines is 6. The highest BCUT2D eigenvalue weighted by molar-refractivity contribution is 6.41. The van der Waals surface area contributed by atoms with Gasteiger partial charge in [0, 0.05) is 94.4 Å². The van der Waals surface area contributed by atoms with Gasteiger partial charge in [-0.3, -0.25) is 24.6 Å². The molecule has 8 rings (SSSR count). The zero-order chi connectivity index (χ0) is 45.6. The molecule has 344 valence electrons. The van der Waals surface area contributed by atoms with Crippen molar-refractivity contribution in [3.63, 3.8) is 0 Å². The first-order valence-corrected chi connectivity index (χ1v) is 23.0. The molecular weight excluding hydrogens is 871 g/mol. The lowest BCUT2D eigenvalue weighted by Crippen LogP contribution is -2.52. The smallest absolute Gasteiger partial charge is 0.327 e. The third-order valence-electron chi connectivity index (χ3n) is 13.1. The highest BCUT2D eigenvalue weighted by Gasteiger charge is 2.33. The van der Waals surface area contributed by atoms with Crippen LogP contribution < -0.4 is 40.1 Å². The zero-order valence-electron chi connectivity index (χ0n) is 37.0. The van der Waals surface area contributed by atoms with Gasteiger partial charge in [-0.15, -0.1) is 0 Å². The number of halogens is 2. The van der Waals surface area contributed by atoms with Crippen LogP contribution in [0.3, 0.4) is 0 Å². The number of imide groups is 1. The molecule has 4 fully saturated rings. The summed E-state index contributed by atoms with van der Waals surface area (Å²) in [6, 6.07) is 19.0. The number of piperazine rings is 1. The molecule has 4 aliphatic heterocycles. The van der Waals surface area contributed by atoms with E-state index in [1.165, 1.54) is 31.5 Å². The van der Waals surface area contributed by atoms with Crippen molar-refractivity contribution < 1.29 is 28.7 Å². The number of piperidine rings is 3. The van der Waals surface area contributed by atoms with Gasteiger partial charge in [-0.05, 0) is 93.1 Å². The van der Waals surface area contributed by atoms with Crippen molar-refractivity contribution in [3.05, 3.63) is 82.6 Å². The van der Waals surface area contributed by atoms with Crippen molar-refractivity contribution in [1.82, 2.24) is 25.1 Å². The molecule has 3 N–H and O–H groups in total. The van der Waals surface area contributed by atoms with Crippen LogP contribution in [0.15, 0.2) is 67.0 Å². The number of nitrogens with one attached hydrogen (secondary N) is 3. The van der Waals surface area contributed by atoms with Crippen LogP contribution in [-0.2, 0) is 14.4 Å². The molecule has 0 aliphatic carbocycles. The molecule has 0 radical (unpaired) electrons. The van der Waals surface area contributed by atoms with Crippen LogP contribution in [-0.4, -0.2) is 124 Å². The maximum atomic E-state index is 13.7. The average molecular weight is 928 g/mol. The molecule has 5 heterocycles. The van der Waals surface area contributed by atoms with E-state index in [1.54, 1.807) is 13.1 Å². The predicted molar refractivity (Wildman–Crippen MR) is 253 cm³/mol. The molecule has 0 spiro atoms. The first kappa shape index (κ1) is 45.7. The number of nitrogens with zero attached hydrogens (tertiary/aromatic N) is 7. The maximum Gasteiger partial charge on any atom is 0.327 e. The molecule has 4 saturated heterocycles. The Balaban J connectivity index is 0.755. The lowest BCUT2D eigenvalue weighted by molar-refractivity contribution is -0.137. The van der Waals surface area contributed by atoms with Gasteiger partial charge >= 0.3 is 6.03 Å². The van der Waals surface area contributed by atoms with E-state index in [2.05, 4.69) is 69.8 Å². The average Bonchev–Trinajstić information content (AvgIpc) is 3.33. The Kier molecular flexibility index (Phi) is 14.5. The van der Waals surface area contributed by atoms with Crippen LogP contribution in [0.2, 0.25) is 10.0 Å². The topological polar surface area (TPSA) is 165 Å². The van der Waals surface area contributed by atoms with Gasteiger partial charge in [-0.1, -0.05) is 35.3 Å². The first-order chi connectivity index (χ1) is 31.5. The summed E-state index contributed by atoms with van der Waals surface area (Å²) >= 11 is 12.9. The van der Waals surface area contributed by atoms with Crippen molar-refractivity contribution in [2.75, 3.05) is 106 Å². The fraction of sp³-hybridized carbons (Fsp3) is 0.447. The fourth-order valence-corrected chi connectivity index (χ4v) is 9.88. The summed E-state index contributed by atoms with van der Waals surface area (Å²) in [6.45, 7) is 7.87. The molecule has 0 saturated carbocycles. The predicted octanol–water partition coefficient (Wildman–Crippen LogP) is 7.01. The molecule has 5 amide bonds. The van der Waals surface area contributed by atoms with Crippen molar-refractivity contribution >= 4 is 81.3 Å². The minimum Gasteiger partial charge on any atom is -0.495 e. The van der Waals surface area contributed by atoms with Crippen LogP contribution in [0.5, 0.6) is 11.5 Å². The van der Waals surface area contributed by atoms with Crippen LogP contribution in [0.25, 0.3) is 0 Å². The number of aromatic nitrogens is 2. The monoisotopic (exact) mass is 926 g/mol. The van der Waals surface area contributed by atoms with Crippen LogP contribution in [0.4, 0.5) is 39.2 Å². The van der Waals surface area contributed by atoms with Crippen LogP contribution in [0, 0.1) is 11.8 Å². The molecule has 1 unspecified atom stereocenters. The maximum absolute atomic E-state index is 13.7. The van der Waals surface area contributed by atoms with E-state index >= 15 is 0 Å². The van der Waals surface area contributed by atoms with E-state index in [4.69, 9.17) is 32.7 Å². The summed E-state index contributed by atoms with van der Waals surface area (Å²) in [6.07, 6.45) is 6.35. The van der Waals surface area contributed by atoms with E-state index in [0.717, 1.165) is 94.1 Å². The van der Waals surface area contributed by atoms with Crippen LogP contribution in [0.1, 0.15) is 50.0 Å². The molecule has 4 aromatic rings. The molecule has 16 nitrogen and oxygen atoms in total. The van der Waals surface area contributed by atoms with Gasteiger partial charge < -0.3 is 39.7 Å². The molecule has 4 aliphatic rings. The Morgan fingerprint density at radius 1 is 0.800 bits per heavy atom. The summed E-state index contributed by atoms with van der Waals surface area (Å²) in [7, 11) is 4.47. The Bertz CT molecular complexity index is 2340. The van der Waals surface area contributed by atoms with Gasteiger partial charge in [-0.25, -0.2) is 14.8 Å². The first-order valence-electron chi connectivity index (χ1n) is 22.3. The number of carbonyl (C=O) groups is 4. The van der Waals surface area contributed by atoms with Gasteiger partial charge in [0.25, 0.3) is 0 Å². The number of ether oxygens (including phenoxy) is 2. The van der Waals surface area contributed by atoms with Gasteiger partial charge in [-0.2, -0.15) is 0 Å². The summed E-state index contributed by atoms with van der Waals surface area (Å²) in [4.78, 5) is 70.3. The Hall–Kier alpha value is -5.84. The zero-order valence-corrected chi connectivity index (χ0v) is 38.5. The minimum atomic E-state index is -0.542. The number of urea groups is 1. The SMILES string of the molecule is COc1cc(OC)c(Cl)c(NC(=O)N(C)c2cc(Nc3ccc(N4CCN(C(=O)C5CCN(CC6CCN(c7cccc(C8CCC(=O)NC8=O)c7)CC6)CC5)CC4)cc3)ncn2)c1Cl. The number of benzene rings is 3. The number of carbonyl (C=O) groups excluding carboxylic acids is 4. The minimum absolute atomic E-state index is 0.0761. The lowest BCUT2D eigenvalue weighted by atomic mass is 9.89. The fourth-order valence-electron chi connectivity index (χ4n) is 9.29. The van der Waals surface area contributed by atoms with E-state index < -0.39 is 6.03 Å². The highest BCUT2D eigenvalue weighted by Crippen LogP contribution is 2.44. The summed E-state index contributed by atoms with van der Waals surface area (Å²) in [5.74, 6) is 1.75. The van der Waals surface area contributed by atoms with Crippen molar-refractivity contribution in [1.29, 1.82) is 0 Å². The second kappa shape index (κ2) is 20.6. The summed E-state index contributed by atoms with van der Waals surface area (Å²) < 4.78 is 10.6. The van der Waals surface area contributed by atoms with E-state index in [0.29, 0.717) is 55.0 Å². The van der Waals surface area contributed by atoms with E-state index in [1.807, 2.05) is 24.3 Å². The van der Waals surface area contributed by atoms with Gasteiger partial charge in [0.15, 0.2) is 0 Å². The summed E-state index contributed by atoms with van der Waals surface area (Å²) in [5.41, 5.74) is 4.16. The largest absolute Gasteiger partial charge is 0.495 e. The van der Waals surface area contributed by atoms with Crippen molar-refractivity contribution in [3.8, 4) is 11.5 Å². The Morgan fingerprint density at radius 2 is 1.48 bits per heavy atom. The standard InChI is InChI=1S/C47H56Cl2N10O6/c1-55(47(63)54-44-42(48)37(64-2)26-38(65-3)43(44)49)40-27-39(50-29-51-40)52-33-7-9-34(10-8-33)58-21-23-59(24-22-58)46(62)31-15-17-56(18-16-31)28-30-13-19-57(20-14-30)35-6-4-5-32(25-35)36-11-12-41(60)53-45(36)61/h4-10,25-27,29-31,36H,11-24,28H2,1-3H3,(H,54,63)(H,50,51,52)(H,53,60,61). The number of hydrogen-bond donors (Lipinski definition) is 3. The van der Waals surface area contributed by atoms with Crippen molar-refractivity contribution in [2.45, 2.75) is 44.4 Å². The highest BCUT2D eigenvalue weighted by atomic mass is 35.5. The Morgan fingerprint density at radius 3 is 2.14 bits per heavy atom. The van der Waals surface area contributed by atoms with Crippen molar-refractivity contribution in [2.24, 2.45) is 11.8 Å². The molecule has 1 atom stereocenters. The molecular formula is C47H56Cl2N10O6. The number of amides is 5. The Labute approximate surface area is 389 Å². The number of methoxy groups -OCH3 is 2. The van der Waals surface area contributed by atoms with E-state index in [9.17, 15) is 19.2 Å². The lowest BCUT2D eigenvalue weighted by Gasteiger charge is -2.40. The van der Waals surface area contributed by atoms with Gasteiger partial charge in [0.1, 0.15) is 39.5 Å². The number of likely N-dealkylation sites (tertiary alicyclic amines) is 1. The van der Waals surface area contributed by atoms with Crippen LogP contribution >= 0.6 is 23.2 Å². The third kappa shape index (κ3) is 10.7.